The Morgan fingerprint density at radius 2 is 1.89 bits per heavy atom. The van der Waals surface area contributed by atoms with Crippen LogP contribution in [-0.4, -0.2) is 19.6 Å². The van der Waals surface area contributed by atoms with Crippen LogP contribution in [0.3, 0.4) is 0 Å². The van der Waals surface area contributed by atoms with Gasteiger partial charge in [0.15, 0.2) is 0 Å². The van der Waals surface area contributed by atoms with E-state index in [1.165, 1.54) is 0 Å². The first-order valence-electron chi connectivity index (χ1n) is 9.50. The maximum atomic E-state index is 12.5. The molecule has 0 aliphatic heterocycles. The number of benzene rings is 2. The summed E-state index contributed by atoms with van der Waals surface area (Å²) in [7, 11) is 1.65. The van der Waals surface area contributed by atoms with E-state index in [-0.39, 0.29) is 11.8 Å². The molecule has 0 saturated heterocycles. The fourth-order valence-electron chi connectivity index (χ4n) is 3.65. The minimum atomic E-state index is 0.0324. The molecule has 0 radical (unpaired) electrons. The number of anilines is 1. The summed E-state index contributed by atoms with van der Waals surface area (Å²) in [6.45, 7) is 1.60. The molecule has 1 fully saturated rings. The van der Waals surface area contributed by atoms with Crippen LogP contribution in [0.5, 0.6) is 5.75 Å². The summed E-state index contributed by atoms with van der Waals surface area (Å²) < 4.78 is 11.0. The van der Waals surface area contributed by atoms with Gasteiger partial charge >= 0.3 is 0 Å². The highest BCUT2D eigenvalue weighted by molar-refractivity contribution is 5.93. The number of rotatable bonds is 8. The Morgan fingerprint density at radius 3 is 2.63 bits per heavy atom. The van der Waals surface area contributed by atoms with Gasteiger partial charge in [0.2, 0.25) is 5.91 Å². The highest BCUT2D eigenvalue weighted by atomic mass is 16.5. The summed E-state index contributed by atoms with van der Waals surface area (Å²) in [5.41, 5.74) is 8.73. The van der Waals surface area contributed by atoms with Crippen LogP contribution < -0.4 is 15.8 Å². The van der Waals surface area contributed by atoms with Crippen LogP contribution in [-0.2, 0) is 22.7 Å². The van der Waals surface area contributed by atoms with Gasteiger partial charge in [0.1, 0.15) is 5.75 Å². The van der Waals surface area contributed by atoms with E-state index in [2.05, 4.69) is 5.32 Å². The first-order valence-corrected chi connectivity index (χ1v) is 9.50. The zero-order chi connectivity index (χ0) is 19.1. The average molecular weight is 368 g/mol. The second kappa shape index (κ2) is 9.53. The van der Waals surface area contributed by atoms with E-state index in [1.807, 2.05) is 48.5 Å². The Bertz CT molecular complexity index is 745. The van der Waals surface area contributed by atoms with Gasteiger partial charge in [0, 0.05) is 11.6 Å². The van der Waals surface area contributed by atoms with E-state index < -0.39 is 0 Å². The van der Waals surface area contributed by atoms with Gasteiger partial charge in [0.25, 0.3) is 0 Å². The number of carbonyl (C=O) groups excluding carboxylic acids is 1. The quantitative estimate of drug-likeness (QED) is 0.745. The van der Waals surface area contributed by atoms with Gasteiger partial charge in [-0.1, -0.05) is 30.7 Å². The molecule has 0 aromatic heterocycles. The van der Waals surface area contributed by atoms with Gasteiger partial charge in [-0.3, -0.25) is 4.79 Å². The lowest BCUT2D eigenvalue weighted by atomic mass is 9.95. The predicted octanol–water partition coefficient (Wildman–Crippen LogP) is 3.73. The van der Waals surface area contributed by atoms with E-state index in [1.54, 1.807) is 7.11 Å². The molecule has 0 heterocycles. The van der Waals surface area contributed by atoms with Crippen LogP contribution in [0.4, 0.5) is 5.69 Å². The number of amides is 1. The zero-order valence-electron chi connectivity index (χ0n) is 15.8. The van der Waals surface area contributed by atoms with E-state index in [0.29, 0.717) is 25.7 Å². The normalized spacial score (nSPS) is 19.0. The molecule has 27 heavy (non-hydrogen) atoms. The summed E-state index contributed by atoms with van der Waals surface area (Å²) in [4.78, 5) is 12.5. The molecule has 0 unspecified atom stereocenters. The van der Waals surface area contributed by atoms with Crippen molar-refractivity contribution in [2.75, 3.05) is 19.0 Å². The van der Waals surface area contributed by atoms with E-state index in [9.17, 15) is 4.79 Å². The average Bonchev–Trinajstić information content (AvgIpc) is 3.18. The number of methoxy groups -OCH3 is 1. The molecule has 2 aromatic rings. The molecule has 3 rings (SSSR count). The third-order valence-corrected chi connectivity index (χ3v) is 5.19. The molecule has 2 aromatic carbocycles. The molecular weight excluding hydrogens is 340 g/mol. The molecule has 2 atom stereocenters. The van der Waals surface area contributed by atoms with Crippen molar-refractivity contribution in [2.24, 2.45) is 17.6 Å². The lowest BCUT2D eigenvalue weighted by molar-refractivity contribution is -0.120. The van der Waals surface area contributed by atoms with Crippen molar-refractivity contribution >= 4 is 11.6 Å². The SMILES string of the molecule is COc1ccc(COCc2cccc(NC(=O)[C@@H]3CCC[C@@H]3CN)c2)cc1. The molecule has 1 aliphatic carbocycles. The Balaban J connectivity index is 1.51. The second-order valence-corrected chi connectivity index (χ2v) is 7.06. The third-order valence-electron chi connectivity index (χ3n) is 5.19. The Kier molecular flexibility index (Phi) is 6.85. The number of ether oxygens (including phenoxy) is 2. The zero-order valence-corrected chi connectivity index (χ0v) is 15.8. The Hall–Kier alpha value is -2.37. The van der Waals surface area contributed by atoms with Crippen LogP contribution in [0.1, 0.15) is 30.4 Å². The molecule has 1 amide bonds. The topological polar surface area (TPSA) is 73.6 Å². The number of hydrogen-bond donors (Lipinski definition) is 2. The summed E-state index contributed by atoms with van der Waals surface area (Å²) >= 11 is 0. The fraction of sp³-hybridized carbons (Fsp3) is 0.409. The van der Waals surface area contributed by atoms with Crippen LogP contribution >= 0.6 is 0 Å². The highest BCUT2D eigenvalue weighted by Gasteiger charge is 2.31. The Labute approximate surface area is 160 Å². The standard InChI is InChI=1S/C22H28N2O3/c1-26-20-10-8-16(9-11-20)14-27-15-17-4-2-6-19(12-17)24-22(25)21-7-3-5-18(21)13-23/h2,4,6,8-12,18,21H,3,5,7,13-15,23H2,1H3,(H,24,25)/t18-,21-/m1/s1. The maximum Gasteiger partial charge on any atom is 0.227 e. The minimum Gasteiger partial charge on any atom is -0.497 e. The lowest BCUT2D eigenvalue weighted by Gasteiger charge is -2.17. The molecular formula is C22H28N2O3. The van der Waals surface area contributed by atoms with Crippen molar-refractivity contribution < 1.29 is 14.3 Å². The van der Waals surface area contributed by atoms with Crippen LogP contribution in [0, 0.1) is 11.8 Å². The monoisotopic (exact) mass is 368 g/mol. The number of hydrogen-bond acceptors (Lipinski definition) is 4. The van der Waals surface area contributed by atoms with Crippen molar-refractivity contribution in [1.29, 1.82) is 0 Å². The lowest BCUT2D eigenvalue weighted by Crippen LogP contribution is -2.29. The molecule has 1 saturated carbocycles. The fourth-order valence-corrected chi connectivity index (χ4v) is 3.65. The highest BCUT2D eigenvalue weighted by Crippen LogP contribution is 2.32. The van der Waals surface area contributed by atoms with Crippen LogP contribution in [0.2, 0.25) is 0 Å². The molecule has 5 heteroatoms. The first kappa shape index (κ1) is 19.4. The predicted molar refractivity (Wildman–Crippen MR) is 106 cm³/mol. The van der Waals surface area contributed by atoms with Gasteiger partial charge in [-0.2, -0.15) is 0 Å². The second-order valence-electron chi connectivity index (χ2n) is 7.06. The number of carbonyl (C=O) groups is 1. The summed E-state index contributed by atoms with van der Waals surface area (Å²) in [6.07, 6.45) is 3.06. The molecule has 0 bridgehead atoms. The third kappa shape index (κ3) is 5.31. The van der Waals surface area contributed by atoms with Gasteiger partial charge in [-0.05, 0) is 60.7 Å². The van der Waals surface area contributed by atoms with E-state index in [0.717, 1.165) is 41.8 Å². The Morgan fingerprint density at radius 1 is 1.11 bits per heavy atom. The van der Waals surface area contributed by atoms with E-state index in [4.69, 9.17) is 15.2 Å². The smallest absolute Gasteiger partial charge is 0.227 e. The number of nitrogens with two attached hydrogens (primary N) is 1. The molecule has 3 N–H and O–H groups in total. The van der Waals surface area contributed by atoms with Gasteiger partial charge in [-0.15, -0.1) is 0 Å². The van der Waals surface area contributed by atoms with Crippen molar-refractivity contribution in [3.05, 3.63) is 59.7 Å². The van der Waals surface area contributed by atoms with Gasteiger partial charge in [-0.25, -0.2) is 0 Å². The first-order chi connectivity index (χ1) is 13.2. The van der Waals surface area contributed by atoms with Gasteiger partial charge in [0.05, 0.1) is 20.3 Å². The molecule has 5 nitrogen and oxygen atoms in total. The van der Waals surface area contributed by atoms with Crippen molar-refractivity contribution in [1.82, 2.24) is 0 Å². The van der Waals surface area contributed by atoms with Crippen molar-refractivity contribution in [2.45, 2.75) is 32.5 Å². The molecule has 1 aliphatic rings. The summed E-state index contributed by atoms with van der Waals surface area (Å²) in [6, 6.07) is 15.7. The van der Waals surface area contributed by atoms with Gasteiger partial charge < -0.3 is 20.5 Å². The van der Waals surface area contributed by atoms with E-state index >= 15 is 0 Å². The summed E-state index contributed by atoms with van der Waals surface area (Å²) in [5.74, 6) is 1.26. The minimum absolute atomic E-state index is 0.0324. The summed E-state index contributed by atoms with van der Waals surface area (Å²) in [5, 5.41) is 3.05. The maximum absolute atomic E-state index is 12.5. The number of nitrogens with one attached hydrogen (secondary N) is 1. The largest absolute Gasteiger partial charge is 0.497 e. The van der Waals surface area contributed by atoms with Crippen LogP contribution in [0.25, 0.3) is 0 Å². The van der Waals surface area contributed by atoms with Crippen LogP contribution in [0.15, 0.2) is 48.5 Å². The van der Waals surface area contributed by atoms with Crippen molar-refractivity contribution in [3.8, 4) is 5.75 Å². The molecule has 144 valence electrons. The van der Waals surface area contributed by atoms with Crippen molar-refractivity contribution in [3.63, 3.8) is 0 Å². The molecule has 0 spiro atoms.